The molecule has 1 amide bonds. The van der Waals surface area contributed by atoms with Gasteiger partial charge in [0, 0.05) is 44.8 Å². The molecule has 1 fully saturated rings. The number of unbranched alkanes of at least 4 members (excludes halogenated alkanes) is 1. The maximum absolute atomic E-state index is 12.1. The molecule has 1 aromatic rings. The van der Waals surface area contributed by atoms with E-state index in [-0.39, 0.29) is 5.91 Å². The number of likely N-dealkylation sites (N-methyl/N-ethyl adjacent to an activating group) is 1. The van der Waals surface area contributed by atoms with E-state index in [1.54, 1.807) is 0 Å². The molecule has 5 nitrogen and oxygen atoms in total. The van der Waals surface area contributed by atoms with Crippen LogP contribution in [0.3, 0.4) is 0 Å². The van der Waals surface area contributed by atoms with Crippen LogP contribution < -0.4 is 11.1 Å². The molecule has 0 unspecified atom stereocenters. The molecule has 0 spiro atoms. The van der Waals surface area contributed by atoms with E-state index in [4.69, 9.17) is 5.73 Å². The fraction of sp³-hybridized carbons (Fsp3) is 0.588. The number of amides is 1. The van der Waals surface area contributed by atoms with E-state index < -0.39 is 0 Å². The number of benzene rings is 1. The number of hydrogen-bond acceptors (Lipinski definition) is 4. The van der Waals surface area contributed by atoms with Crippen LogP contribution in [-0.4, -0.2) is 62.0 Å². The Hall–Kier alpha value is -1.43. The lowest BCUT2D eigenvalue weighted by Gasteiger charge is -2.32. The van der Waals surface area contributed by atoms with E-state index in [0.717, 1.165) is 51.1 Å². The zero-order valence-corrected chi connectivity index (χ0v) is 13.6. The molecule has 3 N–H and O–H groups in total. The molecule has 0 aromatic heterocycles. The lowest BCUT2D eigenvalue weighted by molar-refractivity contribution is 0.0952. The van der Waals surface area contributed by atoms with Crippen molar-refractivity contribution in [1.29, 1.82) is 0 Å². The quantitative estimate of drug-likeness (QED) is 0.735. The van der Waals surface area contributed by atoms with E-state index in [2.05, 4.69) is 28.2 Å². The predicted molar refractivity (Wildman–Crippen MR) is 89.8 cm³/mol. The minimum absolute atomic E-state index is 0.0113. The van der Waals surface area contributed by atoms with Crippen LogP contribution in [0.4, 0.5) is 0 Å². The molecule has 2 rings (SSSR count). The number of rotatable bonds is 7. The van der Waals surface area contributed by atoms with Crippen LogP contribution in [0.1, 0.15) is 28.8 Å². The zero-order valence-electron chi connectivity index (χ0n) is 13.6. The normalized spacial score (nSPS) is 16.6. The Bertz CT molecular complexity index is 469. The van der Waals surface area contributed by atoms with Gasteiger partial charge in [-0.25, -0.2) is 0 Å². The first-order valence-corrected chi connectivity index (χ1v) is 8.17. The number of nitrogens with zero attached hydrogens (tertiary/aromatic N) is 2. The molecule has 0 radical (unpaired) electrons. The number of piperazine rings is 1. The van der Waals surface area contributed by atoms with Gasteiger partial charge in [-0.2, -0.15) is 0 Å². The molecule has 0 atom stereocenters. The van der Waals surface area contributed by atoms with Crippen molar-refractivity contribution in [3.8, 4) is 0 Å². The Balaban J connectivity index is 1.85. The third kappa shape index (κ3) is 5.40. The van der Waals surface area contributed by atoms with Gasteiger partial charge in [0.25, 0.3) is 5.91 Å². The van der Waals surface area contributed by atoms with Crippen LogP contribution >= 0.6 is 0 Å². The summed E-state index contributed by atoms with van der Waals surface area (Å²) in [6, 6.07) is 7.96. The van der Waals surface area contributed by atoms with Crippen LogP contribution in [0.2, 0.25) is 0 Å². The number of carbonyl (C=O) groups excluding carboxylic acids is 1. The molecular formula is C17H28N4O. The van der Waals surface area contributed by atoms with Crippen molar-refractivity contribution in [2.75, 3.05) is 46.3 Å². The zero-order chi connectivity index (χ0) is 15.8. The van der Waals surface area contributed by atoms with Gasteiger partial charge in [-0.05, 0) is 44.1 Å². The molecule has 1 saturated heterocycles. The first kappa shape index (κ1) is 16.9. The highest BCUT2D eigenvalue weighted by Gasteiger charge is 2.14. The summed E-state index contributed by atoms with van der Waals surface area (Å²) in [5.41, 5.74) is 7.41. The van der Waals surface area contributed by atoms with Gasteiger partial charge >= 0.3 is 0 Å². The summed E-state index contributed by atoms with van der Waals surface area (Å²) < 4.78 is 0. The Morgan fingerprint density at radius 1 is 1.23 bits per heavy atom. The summed E-state index contributed by atoms with van der Waals surface area (Å²) in [4.78, 5) is 16.9. The van der Waals surface area contributed by atoms with Crippen LogP contribution in [0.15, 0.2) is 24.3 Å². The average Bonchev–Trinajstić information content (AvgIpc) is 2.54. The molecule has 122 valence electrons. The largest absolute Gasteiger partial charge is 0.352 e. The lowest BCUT2D eigenvalue weighted by Crippen LogP contribution is -2.43. The molecule has 1 aromatic carbocycles. The summed E-state index contributed by atoms with van der Waals surface area (Å²) in [5, 5.41) is 2.96. The summed E-state index contributed by atoms with van der Waals surface area (Å²) in [6.07, 6.45) is 1.88. The third-order valence-electron chi connectivity index (χ3n) is 4.11. The predicted octanol–water partition coefficient (Wildman–Crippen LogP) is 0.903. The van der Waals surface area contributed by atoms with Gasteiger partial charge in [0.15, 0.2) is 0 Å². The van der Waals surface area contributed by atoms with E-state index in [1.165, 1.54) is 5.56 Å². The van der Waals surface area contributed by atoms with E-state index in [9.17, 15) is 4.79 Å². The van der Waals surface area contributed by atoms with Crippen molar-refractivity contribution in [3.05, 3.63) is 35.4 Å². The van der Waals surface area contributed by atoms with Gasteiger partial charge < -0.3 is 16.0 Å². The topological polar surface area (TPSA) is 61.6 Å². The summed E-state index contributed by atoms with van der Waals surface area (Å²) in [7, 11) is 2.16. The first-order valence-electron chi connectivity index (χ1n) is 8.17. The van der Waals surface area contributed by atoms with E-state index in [1.807, 2.05) is 18.2 Å². The number of hydrogen-bond donors (Lipinski definition) is 2. The molecule has 1 heterocycles. The third-order valence-corrected chi connectivity index (χ3v) is 4.11. The van der Waals surface area contributed by atoms with E-state index >= 15 is 0 Å². The second-order valence-corrected chi connectivity index (χ2v) is 6.03. The smallest absolute Gasteiger partial charge is 0.251 e. The van der Waals surface area contributed by atoms with E-state index in [0.29, 0.717) is 13.1 Å². The van der Waals surface area contributed by atoms with Gasteiger partial charge in [0.05, 0.1) is 0 Å². The summed E-state index contributed by atoms with van der Waals surface area (Å²) in [6.45, 7) is 6.69. The van der Waals surface area contributed by atoms with Gasteiger partial charge in [-0.3, -0.25) is 9.69 Å². The molecule has 5 heteroatoms. The SMILES string of the molecule is CN1CCN(Cc2cccc(C(=O)NCCCCN)c2)CC1. The number of nitrogens with two attached hydrogens (primary N) is 1. The molecule has 0 saturated carbocycles. The number of carbonyl (C=O) groups is 1. The standard InChI is InChI=1S/C17H28N4O/c1-20-9-11-21(12-10-20)14-15-5-4-6-16(13-15)17(22)19-8-3-2-7-18/h4-6,13H,2-3,7-12,14,18H2,1H3,(H,19,22). The summed E-state index contributed by atoms with van der Waals surface area (Å²) >= 11 is 0. The van der Waals surface area contributed by atoms with Gasteiger partial charge in [0.2, 0.25) is 0 Å². The van der Waals surface area contributed by atoms with Gasteiger partial charge in [-0.15, -0.1) is 0 Å². The molecule has 0 bridgehead atoms. The van der Waals surface area contributed by atoms with Crippen LogP contribution in [0.25, 0.3) is 0 Å². The van der Waals surface area contributed by atoms with Crippen LogP contribution in [0.5, 0.6) is 0 Å². The Kier molecular flexibility index (Phi) is 6.83. The van der Waals surface area contributed by atoms with Crippen LogP contribution in [-0.2, 0) is 6.54 Å². The van der Waals surface area contributed by atoms with Crippen molar-refractivity contribution >= 4 is 5.91 Å². The molecule has 0 aliphatic carbocycles. The number of nitrogens with one attached hydrogen (secondary N) is 1. The highest BCUT2D eigenvalue weighted by atomic mass is 16.1. The van der Waals surface area contributed by atoms with Crippen molar-refractivity contribution in [2.24, 2.45) is 5.73 Å². The maximum Gasteiger partial charge on any atom is 0.251 e. The summed E-state index contributed by atoms with van der Waals surface area (Å²) in [5.74, 6) is 0.0113. The van der Waals surface area contributed by atoms with Gasteiger partial charge in [0.1, 0.15) is 0 Å². The maximum atomic E-state index is 12.1. The first-order chi connectivity index (χ1) is 10.7. The second-order valence-electron chi connectivity index (χ2n) is 6.03. The van der Waals surface area contributed by atoms with Crippen molar-refractivity contribution in [2.45, 2.75) is 19.4 Å². The lowest BCUT2D eigenvalue weighted by atomic mass is 10.1. The fourth-order valence-electron chi connectivity index (χ4n) is 2.65. The minimum atomic E-state index is 0.0113. The Labute approximate surface area is 133 Å². The van der Waals surface area contributed by atoms with Crippen molar-refractivity contribution < 1.29 is 4.79 Å². The highest BCUT2D eigenvalue weighted by Crippen LogP contribution is 2.10. The minimum Gasteiger partial charge on any atom is -0.352 e. The molecule has 22 heavy (non-hydrogen) atoms. The average molecular weight is 304 g/mol. The monoisotopic (exact) mass is 304 g/mol. The fourth-order valence-corrected chi connectivity index (χ4v) is 2.65. The molecule has 1 aliphatic heterocycles. The van der Waals surface area contributed by atoms with Crippen molar-refractivity contribution in [1.82, 2.24) is 15.1 Å². The van der Waals surface area contributed by atoms with Crippen LogP contribution in [0, 0.1) is 0 Å². The highest BCUT2D eigenvalue weighted by molar-refractivity contribution is 5.94. The Morgan fingerprint density at radius 3 is 2.73 bits per heavy atom. The van der Waals surface area contributed by atoms with Crippen molar-refractivity contribution in [3.63, 3.8) is 0 Å². The second kappa shape index (κ2) is 8.88. The Morgan fingerprint density at radius 2 is 2.00 bits per heavy atom. The molecule has 1 aliphatic rings. The molecular weight excluding hydrogens is 276 g/mol. The van der Waals surface area contributed by atoms with Gasteiger partial charge in [-0.1, -0.05) is 12.1 Å².